The third-order valence-electron chi connectivity index (χ3n) is 3.91. The van der Waals surface area contributed by atoms with Crippen molar-refractivity contribution in [1.29, 1.82) is 0 Å². The molecule has 2 amide bonds. The zero-order chi connectivity index (χ0) is 18.3. The number of aryl methyl sites for hydroxylation is 2. The van der Waals surface area contributed by atoms with Crippen molar-refractivity contribution in [2.75, 3.05) is 13.2 Å². The van der Waals surface area contributed by atoms with E-state index in [1.165, 1.54) is 6.92 Å². The highest BCUT2D eigenvalue weighted by Gasteiger charge is 2.27. The normalized spacial score (nSPS) is 12.4. The molecule has 0 fully saturated rings. The van der Waals surface area contributed by atoms with Gasteiger partial charge in [-0.2, -0.15) is 0 Å². The Morgan fingerprint density at radius 1 is 1.17 bits per heavy atom. The molecule has 134 valence electrons. The first-order valence-corrected chi connectivity index (χ1v) is 8.34. The fourth-order valence-electron chi connectivity index (χ4n) is 2.32. The summed E-state index contributed by atoms with van der Waals surface area (Å²) in [5, 5.41) is 5.65. The lowest BCUT2D eigenvalue weighted by molar-refractivity contribution is -0.123. The van der Waals surface area contributed by atoms with Gasteiger partial charge in [0.1, 0.15) is 12.4 Å². The van der Waals surface area contributed by atoms with Gasteiger partial charge in [-0.05, 0) is 30.4 Å². The van der Waals surface area contributed by atoms with E-state index in [0.29, 0.717) is 13.2 Å². The molecule has 0 aliphatic carbocycles. The van der Waals surface area contributed by atoms with Crippen molar-refractivity contribution < 1.29 is 14.3 Å². The summed E-state index contributed by atoms with van der Waals surface area (Å²) in [6, 6.07) is 5.91. The first kappa shape index (κ1) is 20.0. The molecule has 0 spiro atoms. The maximum Gasteiger partial charge on any atom is 0.222 e. The minimum atomic E-state index is -0.139. The fourth-order valence-corrected chi connectivity index (χ4v) is 2.32. The molecule has 5 nitrogen and oxygen atoms in total. The van der Waals surface area contributed by atoms with Gasteiger partial charge in [-0.1, -0.05) is 39.0 Å². The number of carbonyl (C=O) groups is 2. The molecule has 1 aromatic rings. The van der Waals surface area contributed by atoms with Crippen molar-refractivity contribution in [3.8, 4) is 5.75 Å². The zero-order valence-corrected chi connectivity index (χ0v) is 15.7. The molecule has 2 N–H and O–H groups in total. The molecule has 0 radical (unpaired) electrons. The van der Waals surface area contributed by atoms with E-state index in [0.717, 1.165) is 16.9 Å². The average molecular weight is 334 g/mol. The summed E-state index contributed by atoms with van der Waals surface area (Å²) < 4.78 is 6.02. The minimum Gasteiger partial charge on any atom is -0.491 e. The number of carbonyl (C=O) groups excluding carboxylic acids is 2. The van der Waals surface area contributed by atoms with Crippen molar-refractivity contribution in [1.82, 2.24) is 10.6 Å². The number of nitrogens with one attached hydrogen (secondary N) is 2. The number of benzene rings is 1. The van der Waals surface area contributed by atoms with Gasteiger partial charge in [0.25, 0.3) is 0 Å². The lowest BCUT2D eigenvalue weighted by Gasteiger charge is -2.32. The Morgan fingerprint density at radius 3 is 2.25 bits per heavy atom. The van der Waals surface area contributed by atoms with E-state index in [9.17, 15) is 9.59 Å². The van der Waals surface area contributed by atoms with Gasteiger partial charge in [-0.3, -0.25) is 9.59 Å². The molecule has 0 heterocycles. The molecule has 0 saturated carbocycles. The van der Waals surface area contributed by atoms with Crippen LogP contribution in [0, 0.1) is 19.3 Å². The molecule has 0 saturated heterocycles. The van der Waals surface area contributed by atoms with E-state index in [4.69, 9.17) is 4.74 Å². The van der Waals surface area contributed by atoms with E-state index in [2.05, 4.69) is 31.4 Å². The molecule has 1 atom stereocenters. The second-order valence-electron chi connectivity index (χ2n) is 7.25. The summed E-state index contributed by atoms with van der Waals surface area (Å²) in [4.78, 5) is 23.0. The Morgan fingerprint density at radius 2 is 1.75 bits per heavy atom. The fraction of sp³-hybridized carbons (Fsp3) is 0.579. The second-order valence-corrected chi connectivity index (χ2v) is 7.25. The van der Waals surface area contributed by atoms with Crippen molar-refractivity contribution in [2.24, 2.45) is 5.41 Å². The minimum absolute atomic E-state index is 0.0891. The third-order valence-corrected chi connectivity index (χ3v) is 3.91. The monoisotopic (exact) mass is 334 g/mol. The van der Waals surface area contributed by atoms with E-state index < -0.39 is 0 Å². The predicted octanol–water partition coefficient (Wildman–Crippen LogP) is 2.74. The zero-order valence-electron chi connectivity index (χ0n) is 15.7. The van der Waals surface area contributed by atoms with Crippen molar-refractivity contribution >= 4 is 11.8 Å². The Balaban J connectivity index is 2.66. The SMILES string of the molecule is CC(=O)NCCC(=O)N[C@@H](COc1c(C)cccc1C)C(C)(C)C. The van der Waals surface area contributed by atoms with E-state index in [1.807, 2.05) is 32.0 Å². The summed E-state index contributed by atoms with van der Waals surface area (Å²) >= 11 is 0. The van der Waals surface area contributed by atoms with Gasteiger partial charge >= 0.3 is 0 Å². The lowest BCUT2D eigenvalue weighted by Crippen LogP contribution is -2.48. The largest absolute Gasteiger partial charge is 0.491 e. The Labute approximate surface area is 145 Å². The van der Waals surface area contributed by atoms with Gasteiger partial charge in [0.2, 0.25) is 11.8 Å². The van der Waals surface area contributed by atoms with Crippen LogP contribution in [-0.4, -0.2) is 31.0 Å². The molecule has 1 aromatic carbocycles. The van der Waals surface area contributed by atoms with Gasteiger partial charge in [-0.25, -0.2) is 0 Å². The average Bonchev–Trinajstić information content (AvgIpc) is 2.44. The summed E-state index contributed by atoms with van der Waals surface area (Å²) in [6.07, 6.45) is 0.259. The van der Waals surface area contributed by atoms with Crippen LogP contribution < -0.4 is 15.4 Å². The van der Waals surface area contributed by atoms with E-state index in [-0.39, 0.29) is 29.7 Å². The summed E-state index contributed by atoms with van der Waals surface area (Å²) in [5.41, 5.74) is 2.03. The molecule has 0 unspecified atom stereocenters. The van der Waals surface area contributed by atoms with E-state index in [1.54, 1.807) is 0 Å². The quantitative estimate of drug-likeness (QED) is 0.806. The lowest BCUT2D eigenvalue weighted by atomic mass is 9.87. The molecule has 0 aromatic heterocycles. The van der Waals surface area contributed by atoms with Crippen molar-refractivity contribution in [3.05, 3.63) is 29.3 Å². The smallest absolute Gasteiger partial charge is 0.222 e. The van der Waals surface area contributed by atoms with Gasteiger partial charge in [-0.15, -0.1) is 0 Å². The Bertz CT molecular complexity index is 556. The highest BCUT2D eigenvalue weighted by molar-refractivity contribution is 5.78. The summed E-state index contributed by atoms with van der Waals surface area (Å²) in [7, 11) is 0. The highest BCUT2D eigenvalue weighted by Crippen LogP contribution is 2.25. The molecular weight excluding hydrogens is 304 g/mol. The second kappa shape index (κ2) is 8.71. The standard InChI is InChI=1S/C19H30N2O3/c1-13-8-7-9-14(2)18(13)24-12-16(19(4,5)6)21-17(23)10-11-20-15(3)22/h7-9,16H,10-12H2,1-6H3,(H,20,22)(H,21,23)/t16-/m0/s1. The summed E-state index contributed by atoms with van der Waals surface area (Å²) in [6.45, 7) is 12.4. The molecule has 0 aliphatic heterocycles. The third kappa shape index (κ3) is 6.60. The Kier molecular flexibility index (Phi) is 7.26. The number of para-hydroxylation sites is 1. The topological polar surface area (TPSA) is 67.4 Å². The molecule has 5 heteroatoms. The summed E-state index contributed by atoms with van der Waals surface area (Å²) in [5.74, 6) is 0.654. The van der Waals surface area contributed by atoms with E-state index >= 15 is 0 Å². The van der Waals surface area contributed by atoms with Crippen LogP contribution in [0.2, 0.25) is 0 Å². The first-order chi connectivity index (χ1) is 11.1. The van der Waals surface area contributed by atoms with Crippen LogP contribution in [0.25, 0.3) is 0 Å². The van der Waals surface area contributed by atoms with Crippen molar-refractivity contribution in [2.45, 2.75) is 54.0 Å². The van der Waals surface area contributed by atoms with Crippen LogP contribution in [-0.2, 0) is 9.59 Å². The first-order valence-electron chi connectivity index (χ1n) is 8.34. The molecular formula is C19H30N2O3. The highest BCUT2D eigenvalue weighted by atomic mass is 16.5. The van der Waals surface area contributed by atoms with Crippen LogP contribution in [0.3, 0.4) is 0 Å². The number of amides is 2. The van der Waals surface area contributed by atoms with Crippen LogP contribution in [0.4, 0.5) is 0 Å². The van der Waals surface area contributed by atoms with Crippen LogP contribution in [0.1, 0.15) is 45.2 Å². The number of rotatable bonds is 7. The molecule has 1 rings (SSSR count). The molecule has 0 bridgehead atoms. The van der Waals surface area contributed by atoms with Gasteiger partial charge in [0.05, 0.1) is 6.04 Å². The van der Waals surface area contributed by atoms with Crippen LogP contribution in [0.15, 0.2) is 18.2 Å². The number of hydrogen-bond donors (Lipinski definition) is 2. The molecule has 24 heavy (non-hydrogen) atoms. The number of hydrogen-bond acceptors (Lipinski definition) is 3. The molecule has 0 aliphatic rings. The maximum absolute atomic E-state index is 12.1. The number of ether oxygens (including phenoxy) is 1. The maximum atomic E-state index is 12.1. The van der Waals surface area contributed by atoms with Crippen LogP contribution in [0.5, 0.6) is 5.75 Å². The van der Waals surface area contributed by atoms with Gasteiger partial charge < -0.3 is 15.4 Å². The van der Waals surface area contributed by atoms with Gasteiger partial charge in [0, 0.05) is 19.9 Å². The Hall–Kier alpha value is -2.04. The van der Waals surface area contributed by atoms with Crippen molar-refractivity contribution in [3.63, 3.8) is 0 Å². The predicted molar refractivity (Wildman–Crippen MR) is 96.1 cm³/mol. The van der Waals surface area contributed by atoms with Crippen LogP contribution >= 0.6 is 0 Å². The van der Waals surface area contributed by atoms with Gasteiger partial charge in [0.15, 0.2) is 0 Å².